The number of allylic oxidation sites excluding steroid dienone is 4. The lowest BCUT2D eigenvalue weighted by molar-refractivity contribution is -0.166. The van der Waals surface area contributed by atoms with Crippen LogP contribution in [-0.4, -0.2) is 23.3 Å². The third-order valence-electron chi connectivity index (χ3n) is 8.51. The number of ether oxygens (including phenoxy) is 2. The van der Waals surface area contributed by atoms with Crippen molar-refractivity contribution >= 4 is 28.5 Å². The molecule has 1 atom stereocenters. The molecule has 1 fully saturated rings. The average Bonchev–Trinajstić information content (AvgIpc) is 3.43. The van der Waals surface area contributed by atoms with Crippen LogP contribution in [0.5, 0.6) is 5.75 Å². The van der Waals surface area contributed by atoms with E-state index in [-0.39, 0.29) is 11.7 Å². The van der Waals surface area contributed by atoms with E-state index in [0.29, 0.717) is 24.4 Å². The second-order valence-electron chi connectivity index (χ2n) is 11.2. The molecule has 0 radical (unpaired) electrons. The number of esters is 1. The Morgan fingerprint density at radius 1 is 0.976 bits per heavy atom. The number of fused-ring (bicyclic) bond motifs is 1. The summed E-state index contributed by atoms with van der Waals surface area (Å²) in [5, 5.41) is 13.5. The molecular weight excluding hydrogens is 528 g/mol. The molecule has 210 valence electrons. The largest absolute Gasteiger partial charge is 0.511 e. The van der Waals surface area contributed by atoms with Crippen LogP contribution in [0.2, 0.25) is 0 Å². The maximum atomic E-state index is 13.5. The van der Waals surface area contributed by atoms with Gasteiger partial charge in [0.1, 0.15) is 28.6 Å². The van der Waals surface area contributed by atoms with Crippen molar-refractivity contribution < 1.29 is 19.4 Å². The zero-order chi connectivity index (χ0) is 28.1. The maximum absolute atomic E-state index is 13.5. The van der Waals surface area contributed by atoms with Gasteiger partial charge in [0.15, 0.2) is 0 Å². The van der Waals surface area contributed by atoms with E-state index in [1.165, 1.54) is 22.9 Å². The topological polar surface area (TPSA) is 55.8 Å². The standard InChI is InChI=1S/C36H36O4S/c37-32-24-36(29-14-6-7-15-29,40-35(38)34(32)41-33-17-9-13-28-12-5-8-16-31(28)33)23-22-26-18-20-30(21-19-26)39-25-27-10-3-1-2-4-11-27/h1-3,5,8-13,16-21,29,37H,4,6-7,14-15,22-25H2. The normalized spacial score (nSPS) is 21.2. The molecule has 0 aromatic heterocycles. The number of carbonyl (C=O) groups is 1. The minimum absolute atomic E-state index is 0.159. The molecule has 3 aromatic carbocycles. The van der Waals surface area contributed by atoms with Crippen molar-refractivity contribution in [3.63, 3.8) is 0 Å². The smallest absolute Gasteiger partial charge is 0.349 e. The number of hydrogen-bond acceptors (Lipinski definition) is 5. The van der Waals surface area contributed by atoms with Crippen LogP contribution in [-0.2, 0) is 16.0 Å². The predicted octanol–water partition coefficient (Wildman–Crippen LogP) is 9.03. The summed E-state index contributed by atoms with van der Waals surface area (Å²) >= 11 is 1.32. The van der Waals surface area contributed by atoms with Gasteiger partial charge in [-0.25, -0.2) is 4.79 Å². The van der Waals surface area contributed by atoms with Gasteiger partial charge in [-0.2, -0.15) is 0 Å². The molecular formula is C36H36O4S. The molecule has 0 amide bonds. The van der Waals surface area contributed by atoms with Crippen LogP contribution in [0.3, 0.4) is 0 Å². The van der Waals surface area contributed by atoms with Gasteiger partial charge in [-0.1, -0.05) is 104 Å². The van der Waals surface area contributed by atoms with Crippen LogP contribution in [0, 0.1) is 5.92 Å². The van der Waals surface area contributed by atoms with Gasteiger partial charge in [-0.15, -0.1) is 0 Å². The van der Waals surface area contributed by atoms with Gasteiger partial charge in [-0.05, 0) is 78.1 Å². The molecule has 3 aromatic rings. The van der Waals surface area contributed by atoms with Crippen molar-refractivity contribution in [2.45, 2.75) is 61.9 Å². The highest BCUT2D eigenvalue weighted by molar-refractivity contribution is 8.04. The molecule has 0 spiro atoms. The SMILES string of the molecule is O=C1OC(CCc2ccc(OCC3=CCC=CC=C3)cc2)(C2CCCC2)CC(O)=C1Sc1cccc2ccccc12. The number of cyclic esters (lactones) is 1. The van der Waals surface area contributed by atoms with Crippen molar-refractivity contribution in [3.8, 4) is 5.75 Å². The Hall–Kier alpha value is -3.70. The Morgan fingerprint density at radius 2 is 1.78 bits per heavy atom. The first-order valence-electron chi connectivity index (χ1n) is 14.6. The average molecular weight is 565 g/mol. The minimum Gasteiger partial charge on any atom is -0.511 e. The number of aryl methyl sites for hydroxylation is 1. The minimum atomic E-state index is -0.679. The van der Waals surface area contributed by atoms with Crippen LogP contribution in [0.1, 0.15) is 50.5 Å². The zero-order valence-electron chi connectivity index (χ0n) is 23.3. The monoisotopic (exact) mass is 564 g/mol. The molecule has 1 heterocycles. The molecule has 1 saturated carbocycles. The first-order valence-corrected chi connectivity index (χ1v) is 15.5. The number of aliphatic hydroxyl groups is 1. The van der Waals surface area contributed by atoms with Crippen LogP contribution in [0.4, 0.5) is 0 Å². The third-order valence-corrected chi connectivity index (χ3v) is 9.69. The fraction of sp³-hybridized carbons (Fsp3) is 0.306. The fourth-order valence-corrected chi connectivity index (χ4v) is 7.25. The first kappa shape index (κ1) is 27.5. The van der Waals surface area contributed by atoms with Gasteiger partial charge in [0.2, 0.25) is 0 Å². The van der Waals surface area contributed by atoms with E-state index < -0.39 is 11.6 Å². The van der Waals surface area contributed by atoms with Crippen LogP contribution in [0.25, 0.3) is 10.8 Å². The molecule has 4 nitrogen and oxygen atoms in total. The quantitative estimate of drug-likeness (QED) is 0.263. The maximum Gasteiger partial charge on any atom is 0.349 e. The van der Waals surface area contributed by atoms with E-state index in [2.05, 4.69) is 48.6 Å². The van der Waals surface area contributed by atoms with Crippen molar-refractivity contribution in [3.05, 3.63) is 119 Å². The van der Waals surface area contributed by atoms with E-state index >= 15 is 0 Å². The molecule has 0 saturated heterocycles. The molecule has 2 aliphatic carbocycles. The Balaban J connectivity index is 1.16. The number of thioether (sulfide) groups is 1. The summed E-state index contributed by atoms with van der Waals surface area (Å²) in [6.07, 6.45) is 17.6. The van der Waals surface area contributed by atoms with Crippen LogP contribution >= 0.6 is 11.8 Å². The first-order chi connectivity index (χ1) is 20.1. The van der Waals surface area contributed by atoms with Crippen LogP contribution < -0.4 is 4.74 Å². The zero-order valence-corrected chi connectivity index (χ0v) is 24.1. The Bertz CT molecular complexity index is 1520. The number of hydrogen-bond donors (Lipinski definition) is 1. The highest BCUT2D eigenvalue weighted by Gasteiger charge is 2.48. The molecule has 1 aliphatic heterocycles. The number of benzene rings is 3. The van der Waals surface area contributed by atoms with E-state index in [0.717, 1.165) is 59.9 Å². The number of aliphatic hydroxyl groups excluding tert-OH is 1. The van der Waals surface area contributed by atoms with Crippen molar-refractivity contribution in [1.82, 2.24) is 0 Å². The molecule has 1 unspecified atom stereocenters. The summed E-state index contributed by atoms with van der Waals surface area (Å²) in [6, 6.07) is 22.4. The summed E-state index contributed by atoms with van der Waals surface area (Å²) in [5.74, 6) is 0.854. The molecule has 5 heteroatoms. The van der Waals surface area contributed by atoms with Gasteiger partial charge in [0.05, 0.1) is 0 Å². The molecule has 6 rings (SSSR count). The lowest BCUT2D eigenvalue weighted by Crippen LogP contribution is -2.45. The van der Waals surface area contributed by atoms with Gasteiger partial charge < -0.3 is 14.6 Å². The van der Waals surface area contributed by atoms with Crippen molar-refractivity contribution in [1.29, 1.82) is 0 Å². The van der Waals surface area contributed by atoms with E-state index in [1.54, 1.807) is 0 Å². The summed E-state index contributed by atoms with van der Waals surface area (Å²) in [4.78, 5) is 14.8. The lowest BCUT2D eigenvalue weighted by atomic mass is 9.77. The summed E-state index contributed by atoms with van der Waals surface area (Å²) in [5.41, 5.74) is 1.66. The van der Waals surface area contributed by atoms with E-state index in [9.17, 15) is 9.90 Å². The van der Waals surface area contributed by atoms with Crippen LogP contribution in [0.15, 0.2) is 118 Å². The second kappa shape index (κ2) is 12.4. The Kier molecular flexibility index (Phi) is 8.33. The second-order valence-corrected chi connectivity index (χ2v) is 12.3. The predicted molar refractivity (Wildman–Crippen MR) is 166 cm³/mol. The Morgan fingerprint density at radius 3 is 2.61 bits per heavy atom. The van der Waals surface area contributed by atoms with Gasteiger partial charge in [0.25, 0.3) is 0 Å². The van der Waals surface area contributed by atoms with Gasteiger partial charge in [-0.3, -0.25) is 0 Å². The lowest BCUT2D eigenvalue weighted by Gasteiger charge is -2.41. The van der Waals surface area contributed by atoms with E-state index in [1.807, 2.05) is 48.5 Å². The van der Waals surface area contributed by atoms with Crippen molar-refractivity contribution in [2.75, 3.05) is 6.61 Å². The highest BCUT2D eigenvalue weighted by atomic mass is 32.2. The number of rotatable bonds is 9. The van der Waals surface area contributed by atoms with Crippen molar-refractivity contribution in [2.24, 2.45) is 5.92 Å². The summed E-state index contributed by atoms with van der Waals surface area (Å²) in [7, 11) is 0. The molecule has 3 aliphatic rings. The van der Waals surface area contributed by atoms with Gasteiger partial charge >= 0.3 is 5.97 Å². The molecule has 0 bridgehead atoms. The third kappa shape index (κ3) is 6.31. The molecule has 1 N–H and O–H groups in total. The summed E-state index contributed by atoms with van der Waals surface area (Å²) < 4.78 is 12.4. The van der Waals surface area contributed by atoms with Gasteiger partial charge in [0, 0.05) is 11.3 Å². The van der Waals surface area contributed by atoms with E-state index in [4.69, 9.17) is 9.47 Å². The molecule has 41 heavy (non-hydrogen) atoms. The fourth-order valence-electron chi connectivity index (χ4n) is 6.27. The highest BCUT2D eigenvalue weighted by Crippen LogP contribution is 2.48. The summed E-state index contributed by atoms with van der Waals surface area (Å²) in [6.45, 7) is 0.545. The number of carbonyl (C=O) groups excluding carboxylic acids is 1. The Labute approximate surface area is 246 Å².